The largest absolute Gasteiger partial charge is 0.292 e. The smallest absolute Gasteiger partial charge is 0.191 e. The molecule has 0 bridgehead atoms. The molecule has 0 fully saturated rings. The molecule has 5 heteroatoms. The molecule has 2 rings (SSSR count). The zero-order valence-electron chi connectivity index (χ0n) is 6.44. The van der Waals surface area contributed by atoms with Crippen LogP contribution in [0.2, 0.25) is 0 Å². The van der Waals surface area contributed by atoms with E-state index in [1.54, 1.807) is 11.3 Å². The molecule has 1 nitrogen and oxygen atoms in total. The highest BCUT2D eigenvalue weighted by Crippen LogP contribution is 2.43. The Morgan fingerprint density at radius 1 is 1.46 bits per heavy atom. The van der Waals surface area contributed by atoms with Crippen LogP contribution in [-0.2, 0) is 6.42 Å². The van der Waals surface area contributed by atoms with E-state index in [9.17, 15) is 4.79 Å². The number of thiophene rings is 1. The van der Waals surface area contributed by atoms with Gasteiger partial charge in [-0.2, -0.15) is 0 Å². The minimum Gasteiger partial charge on any atom is -0.292 e. The van der Waals surface area contributed by atoms with Crippen molar-refractivity contribution >= 4 is 64.9 Å². The fraction of sp³-hybridized carbons (Fsp3) is 0.375. The number of ketones is 1. The summed E-state index contributed by atoms with van der Waals surface area (Å²) in [6.07, 6.45) is 1.76. The average molecular weight is 389 g/mol. The lowest BCUT2D eigenvalue weighted by Gasteiger charge is -2.23. The minimum atomic E-state index is -0.534. The predicted molar refractivity (Wildman–Crippen MR) is 65.3 cm³/mol. The minimum absolute atomic E-state index is 0.135. The van der Waals surface area contributed by atoms with Gasteiger partial charge < -0.3 is 0 Å². The number of halogens is 3. The molecule has 0 radical (unpaired) electrons. The maximum Gasteiger partial charge on any atom is 0.191 e. The zero-order valence-corrected chi connectivity index (χ0v) is 12.0. The number of aryl methyl sites for hydroxylation is 1. The van der Waals surface area contributed by atoms with Crippen LogP contribution in [0.1, 0.15) is 21.7 Å². The summed E-state index contributed by atoms with van der Waals surface area (Å²) in [5, 5.41) is 0. The van der Waals surface area contributed by atoms with Gasteiger partial charge in [-0.25, -0.2) is 0 Å². The molecule has 0 atom stereocenters. The highest BCUT2D eigenvalue weighted by atomic mass is 79.9. The van der Waals surface area contributed by atoms with Gasteiger partial charge in [-0.1, -0.05) is 31.9 Å². The van der Waals surface area contributed by atoms with Gasteiger partial charge in [-0.3, -0.25) is 4.79 Å². The normalized spacial score (nSPS) is 20.1. The van der Waals surface area contributed by atoms with Crippen molar-refractivity contribution in [3.8, 4) is 0 Å². The Labute approximate surface area is 105 Å². The molecule has 0 spiro atoms. The molecule has 1 aromatic heterocycles. The molecule has 0 unspecified atom stereocenters. The first-order valence-electron chi connectivity index (χ1n) is 3.71. The topological polar surface area (TPSA) is 17.1 Å². The van der Waals surface area contributed by atoms with Gasteiger partial charge >= 0.3 is 0 Å². The molecule has 13 heavy (non-hydrogen) atoms. The van der Waals surface area contributed by atoms with Crippen molar-refractivity contribution in [3.05, 3.63) is 20.3 Å². The Bertz CT molecular complexity index is 369. The van der Waals surface area contributed by atoms with Crippen LogP contribution in [0.15, 0.2) is 9.85 Å². The third-order valence-electron chi connectivity index (χ3n) is 2.02. The molecule has 0 N–H and O–H groups in total. The van der Waals surface area contributed by atoms with Crippen molar-refractivity contribution in [1.82, 2.24) is 0 Å². The fourth-order valence-electron chi connectivity index (χ4n) is 1.36. The highest BCUT2D eigenvalue weighted by Gasteiger charge is 2.38. The third-order valence-corrected chi connectivity index (χ3v) is 5.23. The van der Waals surface area contributed by atoms with E-state index < -0.39 is 3.23 Å². The Morgan fingerprint density at radius 2 is 2.15 bits per heavy atom. The lowest BCUT2D eigenvalue weighted by Crippen LogP contribution is -2.29. The first kappa shape index (κ1) is 10.3. The van der Waals surface area contributed by atoms with Crippen molar-refractivity contribution < 1.29 is 4.79 Å². The van der Waals surface area contributed by atoms with Crippen LogP contribution < -0.4 is 0 Å². The third kappa shape index (κ3) is 1.80. The predicted octanol–water partition coefficient (Wildman–Crippen LogP) is 4.13. The second kappa shape index (κ2) is 3.43. The lowest BCUT2D eigenvalue weighted by atomic mass is 9.98. The summed E-state index contributed by atoms with van der Waals surface area (Å²) in [6.45, 7) is 0. The zero-order chi connectivity index (χ0) is 9.64. The number of hydrogen-bond donors (Lipinski definition) is 0. The van der Waals surface area contributed by atoms with Gasteiger partial charge in [-0.15, -0.1) is 11.3 Å². The molecule has 1 heterocycles. The van der Waals surface area contributed by atoms with Crippen LogP contribution in [0.4, 0.5) is 0 Å². The molecule has 1 aromatic rings. The Kier molecular flexibility index (Phi) is 2.73. The van der Waals surface area contributed by atoms with Crippen molar-refractivity contribution in [2.24, 2.45) is 0 Å². The van der Waals surface area contributed by atoms with E-state index in [2.05, 4.69) is 47.8 Å². The first-order chi connectivity index (χ1) is 6.00. The van der Waals surface area contributed by atoms with E-state index in [-0.39, 0.29) is 5.78 Å². The summed E-state index contributed by atoms with van der Waals surface area (Å²) in [7, 11) is 0. The Balaban J connectivity index is 2.51. The van der Waals surface area contributed by atoms with Gasteiger partial charge in [0.25, 0.3) is 0 Å². The van der Waals surface area contributed by atoms with Crippen molar-refractivity contribution in [2.75, 3.05) is 0 Å². The van der Waals surface area contributed by atoms with Crippen molar-refractivity contribution in [2.45, 2.75) is 16.1 Å². The summed E-state index contributed by atoms with van der Waals surface area (Å²) in [6, 6.07) is 1.90. The van der Waals surface area contributed by atoms with E-state index in [0.29, 0.717) is 0 Å². The van der Waals surface area contributed by atoms with E-state index in [0.717, 1.165) is 22.2 Å². The number of carbonyl (C=O) groups is 1. The Hall–Kier alpha value is 0.810. The Morgan fingerprint density at radius 3 is 2.85 bits per heavy atom. The number of rotatable bonds is 0. The molecule has 0 aromatic carbocycles. The standard InChI is InChI=1S/C8H5Br3OS/c9-6-3-4-5(13-6)1-2-8(10,11)7(4)12/h3H,1-2H2. The van der Waals surface area contributed by atoms with Crippen LogP contribution in [0.25, 0.3) is 0 Å². The van der Waals surface area contributed by atoms with E-state index in [4.69, 9.17) is 0 Å². The highest BCUT2D eigenvalue weighted by molar-refractivity contribution is 9.26. The van der Waals surface area contributed by atoms with Gasteiger partial charge in [0.05, 0.1) is 3.79 Å². The van der Waals surface area contributed by atoms with Crippen LogP contribution >= 0.6 is 59.1 Å². The monoisotopic (exact) mass is 386 g/mol. The summed E-state index contributed by atoms with van der Waals surface area (Å²) in [5.74, 6) is 0.135. The molecule has 0 amide bonds. The number of Topliss-reactive ketones (excluding diaryl/α,β-unsaturated/α-hetero) is 1. The van der Waals surface area contributed by atoms with Gasteiger partial charge in [0.1, 0.15) is 3.23 Å². The second-order valence-corrected chi connectivity index (χ2v) is 9.21. The van der Waals surface area contributed by atoms with E-state index in [1.807, 2.05) is 6.07 Å². The molecule has 0 aliphatic heterocycles. The van der Waals surface area contributed by atoms with Crippen LogP contribution in [-0.4, -0.2) is 9.02 Å². The quantitative estimate of drug-likeness (QED) is 0.611. The van der Waals surface area contributed by atoms with Crippen molar-refractivity contribution in [1.29, 1.82) is 0 Å². The number of hydrogen-bond acceptors (Lipinski definition) is 2. The molecule has 1 aliphatic carbocycles. The number of alkyl halides is 2. The molecule has 1 aliphatic rings. The average Bonchev–Trinajstić information content (AvgIpc) is 2.40. The lowest BCUT2D eigenvalue weighted by molar-refractivity contribution is 0.0973. The van der Waals surface area contributed by atoms with E-state index >= 15 is 0 Å². The first-order valence-corrected chi connectivity index (χ1v) is 6.91. The molecule has 0 saturated carbocycles. The summed E-state index contributed by atoms with van der Waals surface area (Å²) >= 11 is 11.8. The van der Waals surface area contributed by atoms with Crippen molar-refractivity contribution in [3.63, 3.8) is 0 Å². The van der Waals surface area contributed by atoms with Gasteiger partial charge in [0, 0.05) is 10.4 Å². The fourth-order valence-corrected chi connectivity index (χ4v) is 3.87. The maximum atomic E-state index is 11.8. The molecule has 0 saturated heterocycles. The summed E-state index contributed by atoms with van der Waals surface area (Å²) in [4.78, 5) is 13.0. The molecule has 70 valence electrons. The van der Waals surface area contributed by atoms with Gasteiger partial charge in [0.2, 0.25) is 0 Å². The second-order valence-electron chi connectivity index (χ2n) is 2.92. The van der Waals surface area contributed by atoms with Gasteiger partial charge in [0.15, 0.2) is 5.78 Å². The summed E-state index contributed by atoms with van der Waals surface area (Å²) < 4.78 is 0.497. The van der Waals surface area contributed by atoms with Crippen LogP contribution in [0, 0.1) is 0 Å². The SMILES string of the molecule is O=C1c2cc(Br)sc2CCC1(Br)Br. The molecular formula is C8H5Br3OS. The van der Waals surface area contributed by atoms with Crippen LogP contribution in [0.3, 0.4) is 0 Å². The summed E-state index contributed by atoms with van der Waals surface area (Å²) in [5.41, 5.74) is 0.844. The van der Waals surface area contributed by atoms with Crippen LogP contribution in [0.5, 0.6) is 0 Å². The molecular weight excluding hydrogens is 384 g/mol. The van der Waals surface area contributed by atoms with E-state index in [1.165, 1.54) is 4.88 Å². The maximum absolute atomic E-state index is 11.8. The van der Waals surface area contributed by atoms with Gasteiger partial charge in [-0.05, 0) is 34.8 Å². The number of fused-ring (bicyclic) bond motifs is 1. The number of carbonyl (C=O) groups excluding carboxylic acids is 1.